The number of ether oxygens (including phenoxy) is 1. The topological polar surface area (TPSA) is 107 Å². The van der Waals surface area contributed by atoms with E-state index in [1.54, 1.807) is 13.3 Å². The molecule has 0 spiro atoms. The van der Waals surface area contributed by atoms with Gasteiger partial charge in [0.1, 0.15) is 17.4 Å². The minimum absolute atomic E-state index is 0.275. The van der Waals surface area contributed by atoms with Crippen LogP contribution >= 0.6 is 0 Å². The van der Waals surface area contributed by atoms with Crippen LogP contribution in [0.15, 0.2) is 35.3 Å². The molecule has 3 heterocycles. The van der Waals surface area contributed by atoms with Crippen LogP contribution in [0.1, 0.15) is 32.1 Å². The Kier molecular flexibility index (Phi) is 6.30. The lowest BCUT2D eigenvalue weighted by atomic mass is 9.95. The first-order valence-corrected chi connectivity index (χ1v) is 11.8. The van der Waals surface area contributed by atoms with Crippen LogP contribution in [-0.4, -0.2) is 54.5 Å². The van der Waals surface area contributed by atoms with Crippen molar-refractivity contribution in [2.45, 2.75) is 38.1 Å². The van der Waals surface area contributed by atoms with Gasteiger partial charge in [-0.1, -0.05) is 19.3 Å². The zero-order valence-corrected chi connectivity index (χ0v) is 19.0. The lowest BCUT2D eigenvalue weighted by Crippen LogP contribution is -2.43. The molecule has 1 aliphatic heterocycles. The number of aromatic amines is 1. The molecule has 5 rings (SSSR count). The number of anilines is 4. The van der Waals surface area contributed by atoms with Gasteiger partial charge in [0.15, 0.2) is 0 Å². The van der Waals surface area contributed by atoms with Gasteiger partial charge in [-0.3, -0.25) is 4.79 Å². The fourth-order valence-electron chi connectivity index (χ4n) is 4.77. The molecule has 1 aliphatic carbocycles. The molecule has 2 fully saturated rings. The summed E-state index contributed by atoms with van der Waals surface area (Å²) in [7, 11) is 1.66. The Balaban J connectivity index is 1.48. The number of piperazine rings is 1. The molecule has 0 bridgehead atoms. The molecule has 174 valence electrons. The summed E-state index contributed by atoms with van der Waals surface area (Å²) in [4.78, 5) is 19.8. The molecule has 9 heteroatoms. The summed E-state index contributed by atoms with van der Waals surface area (Å²) in [6, 6.07) is 8.40. The number of pyridine rings is 1. The monoisotopic (exact) mass is 449 g/mol. The van der Waals surface area contributed by atoms with Gasteiger partial charge in [0, 0.05) is 49.4 Å². The molecule has 3 aromatic rings. The Hall–Kier alpha value is -3.33. The van der Waals surface area contributed by atoms with Crippen molar-refractivity contribution in [2.24, 2.45) is 0 Å². The Labute approximate surface area is 192 Å². The fraction of sp³-hybridized carbons (Fsp3) is 0.458. The number of hydrogen-bond donors (Lipinski definition) is 4. The molecule has 33 heavy (non-hydrogen) atoms. The number of fused-ring (bicyclic) bond motifs is 1. The van der Waals surface area contributed by atoms with Crippen molar-refractivity contribution in [2.75, 3.05) is 48.8 Å². The van der Waals surface area contributed by atoms with Crippen molar-refractivity contribution in [1.29, 1.82) is 0 Å². The highest BCUT2D eigenvalue weighted by molar-refractivity contribution is 5.94. The third kappa shape index (κ3) is 4.73. The number of nitrogens with zero attached hydrogens (tertiary/aromatic N) is 3. The van der Waals surface area contributed by atoms with Crippen LogP contribution < -0.4 is 31.1 Å². The van der Waals surface area contributed by atoms with Crippen LogP contribution in [0.5, 0.6) is 5.75 Å². The molecule has 0 radical (unpaired) electrons. The van der Waals surface area contributed by atoms with E-state index < -0.39 is 0 Å². The van der Waals surface area contributed by atoms with Crippen LogP contribution in [0.2, 0.25) is 0 Å². The number of benzene rings is 1. The van der Waals surface area contributed by atoms with Gasteiger partial charge in [-0.25, -0.2) is 10.1 Å². The van der Waals surface area contributed by atoms with Gasteiger partial charge in [0.25, 0.3) is 5.56 Å². The maximum Gasteiger partial charge on any atom is 0.275 e. The zero-order chi connectivity index (χ0) is 22.6. The predicted octanol–water partition coefficient (Wildman–Crippen LogP) is 3.22. The minimum Gasteiger partial charge on any atom is -0.494 e. The van der Waals surface area contributed by atoms with Crippen LogP contribution in [-0.2, 0) is 0 Å². The largest absolute Gasteiger partial charge is 0.494 e. The SMILES string of the molecule is COc1cc(N2CCNCC2)ccc1Nc1nc(NC2CCCCC2)cc2cn[nH]c(=O)c12. The summed E-state index contributed by atoms with van der Waals surface area (Å²) in [5, 5.41) is 18.0. The van der Waals surface area contributed by atoms with Crippen molar-refractivity contribution in [3.63, 3.8) is 0 Å². The van der Waals surface area contributed by atoms with E-state index in [4.69, 9.17) is 9.72 Å². The van der Waals surface area contributed by atoms with Gasteiger partial charge < -0.3 is 25.6 Å². The first-order chi connectivity index (χ1) is 16.2. The van der Waals surface area contributed by atoms with E-state index in [9.17, 15) is 4.79 Å². The molecule has 1 saturated carbocycles. The lowest BCUT2D eigenvalue weighted by Gasteiger charge is -2.30. The highest BCUT2D eigenvalue weighted by Crippen LogP contribution is 2.34. The first-order valence-electron chi connectivity index (χ1n) is 11.8. The average molecular weight is 450 g/mol. The number of H-pyrrole nitrogens is 1. The Morgan fingerprint density at radius 3 is 2.73 bits per heavy atom. The molecule has 9 nitrogen and oxygen atoms in total. The number of rotatable bonds is 6. The smallest absolute Gasteiger partial charge is 0.275 e. The number of aromatic nitrogens is 3. The molecule has 2 aliphatic rings. The van der Waals surface area contributed by atoms with Crippen molar-refractivity contribution in [3.05, 3.63) is 40.8 Å². The second-order valence-electron chi connectivity index (χ2n) is 8.75. The van der Waals surface area contributed by atoms with Gasteiger partial charge in [-0.05, 0) is 31.0 Å². The maximum atomic E-state index is 12.6. The van der Waals surface area contributed by atoms with Crippen molar-refractivity contribution in [1.82, 2.24) is 20.5 Å². The van der Waals surface area contributed by atoms with E-state index in [1.807, 2.05) is 18.2 Å². The zero-order valence-electron chi connectivity index (χ0n) is 19.0. The highest BCUT2D eigenvalue weighted by Gasteiger charge is 2.18. The van der Waals surface area contributed by atoms with E-state index in [0.717, 1.165) is 61.6 Å². The minimum atomic E-state index is -0.275. The van der Waals surface area contributed by atoms with Crippen LogP contribution in [0.4, 0.5) is 23.0 Å². The van der Waals surface area contributed by atoms with Crippen molar-refractivity contribution >= 4 is 33.8 Å². The molecule has 0 unspecified atom stereocenters. The second kappa shape index (κ2) is 9.66. The molecule has 4 N–H and O–H groups in total. The van der Waals surface area contributed by atoms with E-state index in [0.29, 0.717) is 23.0 Å². The van der Waals surface area contributed by atoms with Gasteiger partial charge in [-0.2, -0.15) is 5.10 Å². The third-order valence-electron chi connectivity index (χ3n) is 6.52. The van der Waals surface area contributed by atoms with E-state index in [-0.39, 0.29) is 5.56 Å². The quantitative estimate of drug-likeness (QED) is 0.454. The van der Waals surface area contributed by atoms with Gasteiger partial charge >= 0.3 is 0 Å². The highest BCUT2D eigenvalue weighted by atomic mass is 16.5. The summed E-state index contributed by atoms with van der Waals surface area (Å²) in [5.74, 6) is 1.94. The summed E-state index contributed by atoms with van der Waals surface area (Å²) < 4.78 is 5.70. The predicted molar refractivity (Wildman–Crippen MR) is 132 cm³/mol. The van der Waals surface area contributed by atoms with Gasteiger partial charge in [0.05, 0.1) is 24.4 Å². The third-order valence-corrected chi connectivity index (χ3v) is 6.52. The molecule has 1 aromatic carbocycles. The van der Waals surface area contributed by atoms with Gasteiger partial charge in [-0.15, -0.1) is 0 Å². The summed E-state index contributed by atoms with van der Waals surface area (Å²) >= 11 is 0. The van der Waals surface area contributed by atoms with Crippen LogP contribution in [0.3, 0.4) is 0 Å². The van der Waals surface area contributed by atoms with Crippen LogP contribution in [0.25, 0.3) is 10.8 Å². The normalized spacial score (nSPS) is 17.2. The van der Waals surface area contributed by atoms with E-state index in [2.05, 4.69) is 37.1 Å². The summed E-state index contributed by atoms with van der Waals surface area (Å²) in [6.07, 6.45) is 7.69. The average Bonchev–Trinajstić information content (AvgIpc) is 2.85. The second-order valence-corrected chi connectivity index (χ2v) is 8.75. The first kappa shape index (κ1) is 21.5. The Morgan fingerprint density at radius 2 is 1.94 bits per heavy atom. The summed E-state index contributed by atoms with van der Waals surface area (Å²) in [5.41, 5.74) is 1.60. The standard InChI is InChI=1S/C24H31N7O2/c1-33-20-14-18(31-11-9-25-10-12-31)7-8-19(20)28-23-22-16(15-26-30-24(22)32)13-21(29-23)27-17-5-3-2-4-6-17/h7-8,13-15,17,25H,2-6,9-12H2,1H3,(H,30,32)(H2,27,28,29). The Morgan fingerprint density at radius 1 is 1.12 bits per heavy atom. The lowest BCUT2D eigenvalue weighted by molar-refractivity contribution is 0.416. The van der Waals surface area contributed by atoms with E-state index in [1.165, 1.54) is 19.3 Å². The van der Waals surface area contributed by atoms with Crippen molar-refractivity contribution in [3.8, 4) is 5.75 Å². The molecule has 1 saturated heterocycles. The molecular weight excluding hydrogens is 418 g/mol. The van der Waals surface area contributed by atoms with Gasteiger partial charge in [0.2, 0.25) is 0 Å². The summed E-state index contributed by atoms with van der Waals surface area (Å²) in [6.45, 7) is 3.85. The molecule has 0 amide bonds. The molecule has 2 aromatic heterocycles. The number of hydrogen-bond acceptors (Lipinski definition) is 8. The number of methoxy groups -OCH3 is 1. The fourth-order valence-corrected chi connectivity index (χ4v) is 4.77. The van der Waals surface area contributed by atoms with Crippen LogP contribution in [0, 0.1) is 0 Å². The number of nitrogens with one attached hydrogen (secondary N) is 4. The maximum absolute atomic E-state index is 12.6. The van der Waals surface area contributed by atoms with Crippen molar-refractivity contribution < 1.29 is 4.74 Å². The van der Waals surface area contributed by atoms with E-state index >= 15 is 0 Å². The Bertz CT molecular complexity index is 1170. The molecule has 0 atom stereocenters. The molecular formula is C24H31N7O2.